The lowest BCUT2D eigenvalue weighted by Gasteiger charge is -2.21. The molecule has 0 bridgehead atoms. The number of aliphatic carboxylic acids is 1. The minimum Gasteiger partial charge on any atom is -0.480 e. The lowest BCUT2D eigenvalue weighted by atomic mass is 10.3. The largest absolute Gasteiger partial charge is 0.480 e. The van der Waals surface area contributed by atoms with Crippen molar-refractivity contribution in [3.05, 3.63) is 30.3 Å². The molecule has 0 aliphatic carbocycles. The maximum atomic E-state index is 12.1. The fourth-order valence-corrected chi connectivity index (χ4v) is 2.59. The molecule has 0 radical (unpaired) electrons. The standard InChI is InChI=1S/C13H17NO3S/c1-3-11(13(17)14(2)9-12(15)16)18-10-7-5-4-6-8-10/h4-8,11H,3,9H2,1-2H3,(H,15,16). The summed E-state index contributed by atoms with van der Waals surface area (Å²) in [7, 11) is 1.52. The van der Waals surface area contributed by atoms with Gasteiger partial charge in [-0.25, -0.2) is 0 Å². The zero-order chi connectivity index (χ0) is 13.5. The number of rotatable bonds is 6. The molecule has 1 aromatic rings. The van der Waals surface area contributed by atoms with Crippen LogP contribution >= 0.6 is 11.8 Å². The van der Waals surface area contributed by atoms with Gasteiger partial charge in [-0.1, -0.05) is 25.1 Å². The van der Waals surface area contributed by atoms with Gasteiger partial charge in [0.25, 0.3) is 0 Å². The van der Waals surface area contributed by atoms with Crippen LogP contribution in [-0.2, 0) is 9.59 Å². The van der Waals surface area contributed by atoms with Crippen LogP contribution in [0, 0.1) is 0 Å². The van der Waals surface area contributed by atoms with E-state index >= 15 is 0 Å². The van der Waals surface area contributed by atoms with Crippen LogP contribution in [0.25, 0.3) is 0 Å². The molecule has 0 saturated heterocycles. The highest BCUT2D eigenvalue weighted by Gasteiger charge is 2.22. The fraction of sp³-hybridized carbons (Fsp3) is 0.385. The molecule has 1 atom stereocenters. The fourth-order valence-electron chi connectivity index (χ4n) is 1.50. The first-order valence-corrected chi connectivity index (χ1v) is 6.61. The number of thioether (sulfide) groups is 1. The van der Waals surface area contributed by atoms with E-state index in [1.165, 1.54) is 23.7 Å². The van der Waals surface area contributed by atoms with Gasteiger partial charge >= 0.3 is 5.97 Å². The van der Waals surface area contributed by atoms with Crippen LogP contribution in [0.4, 0.5) is 0 Å². The second-order valence-corrected chi connectivity index (χ2v) is 5.19. The molecule has 0 saturated carbocycles. The Labute approximate surface area is 111 Å². The maximum absolute atomic E-state index is 12.1. The molecule has 1 unspecified atom stereocenters. The van der Waals surface area contributed by atoms with Crippen molar-refractivity contribution in [2.75, 3.05) is 13.6 Å². The van der Waals surface area contributed by atoms with Crippen LogP contribution in [0.3, 0.4) is 0 Å². The van der Waals surface area contributed by atoms with Gasteiger partial charge in [-0.3, -0.25) is 9.59 Å². The molecular weight excluding hydrogens is 250 g/mol. The average Bonchev–Trinajstić information content (AvgIpc) is 2.35. The van der Waals surface area contributed by atoms with Crippen LogP contribution in [0.1, 0.15) is 13.3 Å². The van der Waals surface area contributed by atoms with Crippen molar-refractivity contribution in [3.8, 4) is 0 Å². The number of carbonyl (C=O) groups excluding carboxylic acids is 1. The average molecular weight is 267 g/mol. The zero-order valence-corrected chi connectivity index (χ0v) is 11.3. The molecule has 0 heterocycles. The molecule has 1 rings (SSSR count). The first-order valence-electron chi connectivity index (χ1n) is 5.73. The van der Waals surface area contributed by atoms with E-state index in [2.05, 4.69) is 0 Å². The first kappa shape index (κ1) is 14.6. The Bertz CT molecular complexity index is 408. The molecule has 0 aromatic heterocycles. The highest BCUT2D eigenvalue weighted by molar-refractivity contribution is 8.00. The van der Waals surface area contributed by atoms with Gasteiger partial charge in [-0.05, 0) is 18.6 Å². The van der Waals surface area contributed by atoms with Crippen molar-refractivity contribution in [1.29, 1.82) is 0 Å². The molecule has 5 heteroatoms. The Morgan fingerprint density at radius 2 is 1.94 bits per heavy atom. The predicted molar refractivity (Wildman–Crippen MR) is 71.7 cm³/mol. The van der Waals surface area contributed by atoms with Crippen LogP contribution in [0.2, 0.25) is 0 Å². The third-order valence-corrected chi connectivity index (χ3v) is 3.78. The molecule has 98 valence electrons. The number of amides is 1. The van der Waals surface area contributed by atoms with Gasteiger partial charge in [0.05, 0.1) is 5.25 Å². The number of likely N-dealkylation sites (N-methyl/N-ethyl adjacent to an activating group) is 1. The second kappa shape index (κ2) is 7.06. The lowest BCUT2D eigenvalue weighted by molar-refractivity contribution is -0.143. The number of nitrogens with zero attached hydrogens (tertiary/aromatic N) is 1. The summed E-state index contributed by atoms with van der Waals surface area (Å²) in [5, 5.41) is 8.44. The Morgan fingerprint density at radius 3 is 2.44 bits per heavy atom. The van der Waals surface area contributed by atoms with Crippen LogP contribution in [-0.4, -0.2) is 40.7 Å². The Balaban J connectivity index is 2.66. The van der Waals surface area contributed by atoms with Crippen molar-refractivity contribution in [2.24, 2.45) is 0 Å². The number of hydrogen-bond acceptors (Lipinski definition) is 3. The van der Waals surface area contributed by atoms with Gasteiger partial charge in [-0.15, -0.1) is 11.8 Å². The second-order valence-electron chi connectivity index (χ2n) is 3.92. The summed E-state index contributed by atoms with van der Waals surface area (Å²) in [6.07, 6.45) is 0.669. The number of carboxylic acids is 1. The lowest BCUT2D eigenvalue weighted by Crippen LogP contribution is -2.37. The summed E-state index contributed by atoms with van der Waals surface area (Å²) in [5.41, 5.74) is 0. The van der Waals surface area contributed by atoms with E-state index in [1.807, 2.05) is 37.3 Å². The monoisotopic (exact) mass is 267 g/mol. The number of benzene rings is 1. The van der Waals surface area contributed by atoms with Gasteiger partial charge in [0, 0.05) is 11.9 Å². The van der Waals surface area contributed by atoms with E-state index in [-0.39, 0.29) is 17.7 Å². The smallest absolute Gasteiger partial charge is 0.323 e. The Hall–Kier alpha value is -1.49. The van der Waals surface area contributed by atoms with Gasteiger partial charge < -0.3 is 10.0 Å². The van der Waals surface area contributed by atoms with Crippen LogP contribution in [0.15, 0.2) is 35.2 Å². The minimum atomic E-state index is -0.995. The minimum absolute atomic E-state index is 0.145. The highest BCUT2D eigenvalue weighted by Crippen LogP contribution is 2.26. The summed E-state index contributed by atoms with van der Waals surface area (Å²) in [4.78, 5) is 24.9. The van der Waals surface area contributed by atoms with Crippen molar-refractivity contribution in [3.63, 3.8) is 0 Å². The number of hydrogen-bond donors (Lipinski definition) is 1. The molecule has 0 aliphatic rings. The molecule has 1 aromatic carbocycles. The molecule has 1 amide bonds. The van der Waals surface area contributed by atoms with Crippen molar-refractivity contribution >= 4 is 23.6 Å². The predicted octanol–water partition coefficient (Wildman–Crippen LogP) is 2.10. The van der Waals surface area contributed by atoms with Crippen LogP contribution < -0.4 is 0 Å². The van der Waals surface area contributed by atoms with E-state index < -0.39 is 5.97 Å². The van der Waals surface area contributed by atoms with E-state index in [0.29, 0.717) is 6.42 Å². The molecule has 0 fully saturated rings. The van der Waals surface area contributed by atoms with Crippen molar-refractivity contribution in [1.82, 2.24) is 4.90 Å². The third-order valence-electron chi connectivity index (χ3n) is 2.42. The molecule has 4 nitrogen and oxygen atoms in total. The van der Waals surface area contributed by atoms with E-state index in [9.17, 15) is 9.59 Å². The first-order chi connectivity index (χ1) is 8.54. The summed E-state index contributed by atoms with van der Waals surface area (Å²) in [5.74, 6) is -1.14. The van der Waals surface area contributed by atoms with Crippen LogP contribution in [0.5, 0.6) is 0 Å². The summed E-state index contributed by atoms with van der Waals surface area (Å²) < 4.78 is 0. The SMILES string of the molecule is CCC(Sc1ccccc1)C(=O)N(C)CC(=O)O. The topological polar surface area (TPSA) is 57.6 Å². The van der Waals surface area contributed by atoms with Crippen molar-refractivity contribution < 1.29 is 14.7 Å². The summed E-state index contributed by atoms with van der Waals surface area (Å²) >= 11 is 1.47. The van der Waals surface area contributed by atoms with E-state index in [0.717, 1.165) is 4.90 Å². The van der Waals surface area contributed by atoms with Gasteiger partial charge in [0.1, 0.15) is 6.54 Å². The number of carbonyl (C=O) groups is 2. The molecule has 18 heavy (non-hydrogen) atoms. The Morgan fingerprint density at radius 1 is 1.33 bits per heavy atom. The maximum Gasteiger partial charge on any atom is 0.323 e. The van der Waals surface area contributed by atoms with Gasteiger partial charge in [0.2, 0.25) is 5.91 Å². The quantitative estimate of drug-likeness (QED) is 0.802. The van der Waals surface area contributed by atoms with Crippen molar-refractivity contribution in [2.45, 2.75) is 23.5 Å². The van der Waals surface area contributed by atoms with E-state index in [4.69, 9.17) is 5.11 Å². The van der Waals surface area contributed by atoms with Gasteiger partial charge in [0.15, 0.2) is 0 Å². The molecule has 1 N–H and O–H groups in total. The van der Waals surface area contributed by atoms with E-state index in [1.54, 1.807) is 0 Å². The molecule has 0 aliphatic heterocycles. The number of carboxylic acid groups (broad SMARTS) is 1. The highest BCUT2D eigenvalue weighted by atomic mass is 32.2. The molecular formula is C13H17NO3S. The third kappa shape index (κ3) is 4.41. The summed E-state index contributed by atoms with van der Waals surface area (Å²) in [6.45, 7) is 1.66. The molecule has 0 spiro atoms. The summed E-state index contributed by atoms with van der Waals surface area (Å²) in [6, 6.07) is 9.64. The Kier molecular flexibility index (Phi) is 5.71. The normalized spacial score (nSPS) is 11.9. The van der Waals surface area contributed by atoms with Gasteiger partial charge in [-0.2, -0.15) is 0 Å². The zero-order valence-electron chi connectivity index (χ0n) is 10.5.